The predicted molar refractivity (Wildman–Crippen MR) is 95.7 cm³/mol. The minimum atomic E-state index is -0.581. The zero-order valence-electron chi connectivity index (χ0n) is 14.4. The van der Waals surface area contributed by atoms with Crippen molar-refractivity contribution < 1.29 is 14.4 Å². The first-order valence-electron chi connectivity index (χ1n) is 8.99. The van der Waals surface area contributed by atoms with Gasteiger partial charge in [-0.05, 0) is 36.8 Å². The Bertz CT molecular complexity index is 826. The first-order valence-corrected chi connectivity index (χ1v) is 8.99. The van der Waals surface area contributed by atoms with Gasteiger partial charge in [0.25, 0.3) is 12.6 Å². The van der Waals surface area contributed by atoms with E-state index in [2.05, 4.69) is 16.2 Å². The summed E-state index contributed by atoms with van der Waals surface area (Å²) < 4.78 is 0. The monoisotopic (exact) mass is 350 g/mol. The van der Waals surface area contributed by atoms with Gasteiger partial charge in [-0.25, -0.2) is 5.26 Å². The van der Waals surface area contributed by atoms with Gasteiger partial charge >= 0.3 is 0 Å². The lowest BCUT2D eigenvalue weighted by molar-refractivity contribution is -0.136. The molecule has 0 aromatic heterocycles. The topological polar surface area (TPSA) is 93.5 Å². The van der Waals surface area contributed by atoms with Crippen LogP contribution in [-0.2, 0) is 16.1 Å². The first-order chi connectivity index (χ1) is 12.6. The Morgan fingerprint density at radius 3 is 2.65 bits per heavy atom. The summed E-state index contributed by atoms with van der Waals surface area (Å²) in [4.78, 5) is 40.1. The number of anilines is 1. The molecule has 132 valence electrons. The fourth-order valence-corrected chi connectivity index (χ4v) is 4.01. The average Bonchev–Trinajstić information content (AvgIpc) is 2.98. The molecule has 1 aromatic rings. The summed E-state index contributed by atoms with van der Waals surface area (Å²) in [7, 11) is 0. The first kappa shape index (κ1) is 16.6. The van der Waals surface area contributed by atoms with Crippen molar-refractivity contribution in [2.24, 2.45) is 0 Å². The highest BCUT2D eigenvalue weighted by atomic mass is 16.2. The fraction of sp³-hybridized carbons (Fsp3) is 0.444. The number of carbonyl (C=O) groups is 3. The van der Waals surface area contributed by atoms with E-state index in [1.807, 2.05) is 18.2 Å². The molecule has 0 saturated carbocycles. The second-order valence-electron chi connectivity index (χ2n) is 7.13. The molecule has 7 nitrogen and oxygen atoms in total. The predicted octanol–water partition coefficient (Wildman–Crippen LogP) is 0.825. The molecule has 4 rings (SSSR count). The summed E-state index contributed by atoms with van der Waals surface area (Å²) in [6.07, 6.45) is 2.31. The van der Waals surface area contributed by atoms with E-state index in [-0.39, 0.29) is 30.9 Å². The molecule has 3 heterocycles. The van der Waals surface area contributed by atoms with Crippen molar-refractivity contribution in [3.8, 4) is 5.97 Å². The molecule has 0 spiro atoms. The molecule has 3 amide bonds. The highest BCUT2D eigenvalue weighted by Crippen LogP contribution is 2.31. The quantitative estimate of drug-likeness (QED) is 0.630. The number of imide groups is 1. The van der Waals surface area contributed by atoms with E-state index in [0.29, 0.717) is 18.5 Å². The molecule has 1 N–H and O–H groups in total. The third-order valence-corrected chi connectivity index (χ3v) is 5.55. The van der Waals surface area contributed by atoms with Crippen molar-refractivity contribution in [2.75, 3.05) is 18.0 Å². The number of fused-ring (bicyclic) bond motifs is 1. The van der Waals surface area contributed by atoms with Crippen LogP contribution in [0, 0.1) is 11.2 Å². The zero-order valence-corrected chi connectivity index (χ0v) is 14.4. The summed E-state index contributed by atoms with van der Waals surface area (Å²) in [5.74, 6) is 1.51. The Labute approximate surface area is 152 Å². The number of hydrogen-bond acceptors (Lipinski definition) is 5. The van der Waals surface area contributed by atoms with E-state index >= 15 is 0 Å². The van der Waals surface area contributed by atoms with Crippen LogP contribution < -0.4 is 10.2 Å². The average molecular weight is 350 g/mol. The van der Waals surface area contributed by atoms with Crippen LogP contribution in [0.4, 0.5) is 5.69 Å². The number of rotatable bonds is 2. The van der Waals surface area contributed by atoms with Crippen molar-refractivity contribution in [2.45, 2.75) is 38.1 Å². The van der Waals surface area contributed by atoms with E-state index < -0.39 is 6.04 Å². The van der Waals surface area contributed by atoms with Gasteiger partial charge in [0.2, 0.25) is 11.8 Å². The van der Waals surface area contributed by atoms with Gasteiger partial charge < -0.3 is 9.80 Å². The highest BCUT2D eigenvalue weighted by Gasteiger charge is 2.39. The number of hydrogen-bond donors (Lipinski definition) is 1. The number of nitriles is 1. The van der Waals surface area contributed by atoms with Crippen LogP contribution in [0.1, 0.15) is 28.8 Å². The number of benzene rings is 1. The van der Waals surface area contributed by atoms with Gasteiger partial charge in [0.05, 0.1) is 0 Å². The molecule has 3 aliphatic heterocycles. The lowest BCUT2D eigenvalue weighted by Gasteiger charge is -2.30. The number of carbonyl (C=O) groups excluding carboxylic acids is 3. The molecule has 0 radical (unpaired) electrons. The van der Waals surface area contributed by atoms with E-state index in [0.717, 1.165) is 37.0 Å². The Morgan fingerprint density at radius 2 is 1.96 bits per heavy atom. The molecular weight excluding hydrogens is 331 g/mol. The van der Waals surface area contributed by atoms with E-state index in [4.69, 9.17) is 5.26 Å². The molecule has 0 bridgehead atoms. The molecule has 8 heteroatoms. The molecule has 1 unspecified atom stereocenters. The second-order valence-corrected chi connectivity index (χ2v) is 7.13. The van der Waals surface area contributed by atoms with Crippen LogP contribution in [0.2, 0.25) is 12.6 Å². The van der Waals surface area contributed by atoms with E-state index in [9.17, 15) is 14.4 Å². The highest BCUT2D eigenvalue weighted by molar-refractivity contribution is 6.67. The Hall–Kier alpha value is -2.82. The van der Waals surface area contributed by atoms with Gasteiger partial charge in [0.1, 0.15) is 6.04 Å². The van der Waals surface area contributed by atoms with Crippen molar-refractivity contribution in [1.82, 2.24) is 10.2 Å². The van der Waals surface area contributed by atoms with Gasteiger partial charge in [-0.1, -0.05) is 6.07 Å². The number of amides is 3. The van der Waals surface area contributed by atoms with Crippen LogP contribution in [-0.4, -0.2) is 48.5 Å². The van der Waals surface area contributed by atoms with Crippen LogP contribution in [0.25, 0.3) is 0 Å². The number of piperidine rings is 1. The molecule has 26 heavy (non-hydrogen) atoms. The van der Waals surface area contributed by atoms with E-state index in [1.54, 1.807) is 4.90 Å². The molecule has 0 aliphatic carbocycles. The maximum Gasteiger partial charge on any atom is 0.271 e. The second kappa shape index (κ2) is 6.48. The summed E-state index contributed by atoms with van der Waals surface area (Å²) in [6.45, 7) is 2.13. The maximum atomic E-state index is 12.9. The summed E-state index contributed by atoms with van der Waals surface area (Å²) in [5.41, 5.74) is 2.53. The molecule has 3 aliphatic rings. The molecule has 2 saturated heterocycles. The van der Waals surface area contributed by atoms with Gasteiger partial charge in [0.15, 0.2) is 0 Å². The third-order valence-electron chi connectivity index (χ3n) is 5.55. The van der Waals surface area contributed by atoms with Crippen molar-refractivity contribution in [1.29, 1.82) is 5.26 Å². The summed E-state index contributed by atoms with van der Waals surface area (Å²) in [5, 5.41) is 11.3. The summed E-state index contributed by atoms with van der Waals surface area (Å²) in [6, 6.07) is 5.27. The van der Waals surface area contributed by atoms with Crippen LogP contribution in [0.3, 0.4) is 0 Å². The van der Waals surface area contributed by atoms with Crippen LogP contribution in [0.5, 0.6) is 0 Å². The van der Waals surface area contributed by atoms with E-state index in [1.165, 1.54) is 0 Å². The molecular formula is C18H19BN4O3. The molecule has 1 aromatic carbocycles. The Morgan fingerprint density at radius 1 is 1.19 bits per heavy atom. The van der Waals surface area contributed by atoms with Gasteiger partial charge in [-0.15, -0.1) is 0 Å². The molecule has 2 fully saturated rings. The lowest BCUT2D eigenvalue weighted by Crippen LogP contribution is -2.52. The Balaban J connectivity index is 1.52. The van der Waals surface area contributed by atoms with Crippen molar-refractivity contribution >= 4 is 30.1 Å². The smallest absolute Gasteiger partial charge is 0.271 e. The van der Waals surface area contributed by atoms with Crippen molar-refractivity contribution in [3.05, 3.63) is 29.3 Å². The summed E-state index contributed by atoms with van der Waals surface area (Å²) >= 11 is 0. The van der Waals surface area contributed by atoms with Gasteiger partial charge in [-0.3, -0.25) is 19.7 Å². The standard InChI is InChI=1S/C18H19BN4O3/c20-11-19-5-7-22(8-6-19)13-2-1-12-10-23(18(26)14(12)9-13)15-3-4-16(24)21-17(15)25/h1-2,9,15H,3-8,10H2,(H,21,24,25). The van der Waals surface area contributed by atoms with Gasteiger partial charge in [-0.2, -0.15) is 0 Å². The van der Waals surface area contributed by atoms with Crippen LogP contribution >= 0.6 is 0 Å². The minimum Gasteiger partial charge on any atom is -0.373 e. The minimum absolute atomic E-state index is 0.116. The zero-order chi connectivity index (χ0) is 18.3. The number of nitrogens with zero attached hydrogens (tertiary/aromatic N) is 3. The molecule has 1 atom stereocenters. The normalized spacial score (nSPS) is 23.0. The Kier molecular flexibility index (Phi) is 4.15. The number of nitrogens with one attached hydrogen (secondary N) is 1. The largest absolute Gasteiger partial charge is 0.373 e. The SMILES string of the molecule is N#CB1CCN(c2ccc3c(c2)C(=O)N(C2CCC(=O)NC2=O)C3)CC1. The lowest BCUT2D eigenvalue weighted by atomic mass is 9.45. The van der Waals surface area contributed by atoms with Gasteiger partial charge in [0, 0.05) is 43.3 Å². The van der Waals surface area contributed by atoms with Crippen LogP contribution in [0.15, 0.2) is 18.2 Å². The third kappa shape index (κ3) is 2.83. The maximum absolute atomic E-state index is 12.9. The van der Waals surface area contributed by atoms with Crippen molar-refractivity contribution in [3.63, 3.8) is 0 Å². The fourth-order valence-electron chi connectivity index (χ4n) is 4.01.